The third-order valence-corrected chi connectivity index (χ3v) is 10.3. The minimum atomic E-state index is -4.70. The number of aliphatic hydroxyl groups is 5. The Bertz CT molecular complexity index is 1160. The number of carbonyl (C=O) groups is 2. The average Bonchev–Trinajstić information content (AvgIpc) is 3.19. The number of unbranched alkanes of at least 4 members (excludes halogenated alkanes) is 11. The molecule has 0 radical (unpaired) electrons. The number of hydrogen-bond donors (Lipinski definition) is 6. The number of allylic oxidation sites excluding steroid dienone is 6. The third-order valence-electron chi connectivity index (χ3n) is 9.39. The summed E-state index contributed by atoms with van der Waals surface area (Å²) < 4.78 is 32.4. The largest absolute Gasteiger partial charge is 0.472 e. The van der Waals surface area contributed by atoms with Crippen molar-refractivity contribution in [1.29, 1.82) is 0 Å². The van der Waals surface area contributed by atoms with Crippen LogP contribution in [0, 0.1) is 5.92 Å². The molecular weight excluding hydrogens is 755 g/mol. The summed E-state index contributed by atoms with van der Waals surface area (Å²) >= 11 is 0. The number of hydrogen-bond acceptors (Lipinski definition) is 12. The third kappa shape index (κ3) is 35.5. The maximum absolute atomic E-state index is 12.6. The number of phosphoric acid groups is 1. The molecule has 14 heteroatoms. The van der Waals surface area contributed by atoms with E-state index in [1.165, 1.54) is 51.0 Å². The molecule has 0 aliphatic heterocycles. The van der Waals surface area contributed by atoms with Crippen molar-refractivity contribution < 1.29 is 63.1 Å². The number of aliphatic hydroxyl groups excluding tert-OH is 5. The van der Waals surface area contributed by atoms with Gasteiger partial charge in [-0.1, -0.05) is 159 Å². The summed E-state index contributed by atoms with van der Waals surface area (Å²) in [6.45, 7) is 4.19. The van der Waals surface area contributed by atoms with E-state index in [2.05, 4.69) is 25.3 Å². The summed E-state index contributed by atoms with van der Waals surface area (Å²) in [7, 11) is -4.70. The molecule has 0 amide bonds. The highest BCUT2D eigenvalue weighted by Crippen LogP contribution is 2.43. The van der Waals surface area contributed by atoms with E-state index in [1.54, 1.807) is 42.5 Å². The van der Waals surface area contributed by atoms with Crippen molar-refractivity contribution in [3.63, 3.8) is 0 Å². The highest BCUT2D eigenvalue weighted by molar-refractivity contribution is 7.47. The first-order chi connectivity index (χ1) is 27.3. The summed E-state index contributed by atoms with van der Waals surface area (Å²) in [4.78, 5) is 35.0. The molecular formula is C43H77O13P. The molecule has 0 aromatic heterocycles. The smallest absolute Gasteiger partial charge is 0.462 e. The molecule has 332 valence electrons. The second kappa shape index (κ2) is 36.9. The molecule has 0 heterocycles. The molecule has 0 aromatic carbocycles. The van der Waals surface area contributed by atoms with Gasteiger partial charge in [-0.15, -0.1) is 0 Å². The molecule has 0 saturated carbocycles. The Morgan fingerprint density at radius 1 is 0.632 bits per heavy atom. The number of ether oxygens (including phenoxy) is 2. The van der Waals surface area contributed by atoms with Crippen LogP contribution in [-0.2, 0) is 32.7 Å². The van der Waals surface area contributed by atoms with Gasteiger partial charge in [0.2, 0.25) is 0 Å². The minimum absolute atomic E-state index is 0.0976. The van der Waals surface area contributed by atoms with Gasteiger partial charge in [-0.05, 0) is 31.6 Å². The van der Waals surface area contributed by atoms with Crippen molar-refractivity contribution in [3.05, 3.63) is 48.6 Å². The van der Waals surface area contributed by atoms with E-state index in [4.69, 9.17) is 19.1 Å². The summed E-state index contributed by atoms with van der Waals surface area (Å²) in [6, 6.07) is 0. The molecule has 0 aromatic rings. The van der Waals surface area contributed by atoms with Crippen LogP contribution in [-0.4, -0.2) is 99.3 Å². The van der Waals surface area contributed by atoms with Crippen molar-refractivity contribution in [2.45, 2.75) is 180 Å². The van der Waals surface area contributed by atoms with Crippen molar-refractivity contribution >= 4 is 19.8 Å². The molecule has 0 aliphatic carbocycles. The molecule has 0 bridgehead atoms. The van der Waals surface area contributed by atoms with E-state index in [0.29, 0.717) is 6.42 Å². The van der Waals surface area contributed by atoms with Gasteiger partial charge >= 0.3 is 19.8 Å². The Labute approximate surface area is 342 Å². The molecule has 13 nitrogen and oxygen atoms in total. The zero-order chi connectivity index (χ0) is 42.6. The number of phosphoric ester groups is 1. The van der Waals surface area contributed by atoms with E-state index >= 15 is 0 Å². The van der Waals surface area contributed by atoms with Gasteiger partial charge in [-0.2, -0.15) is 0 Å². The van der Waals surface area contributed by atoms with Gasteiger partial charge in [0.25, 0.3) is 0 Å². The Kier molecular flexibility index (Phi) is 35.4. The molecule has 0 saturated heterocycles. The minimum Gasteiger partial charge on any atom is -0.462 e. The zero-order valence-electron chi connectivity index (χ0n) is 35.0. The monoisotopic (exact) mass is 833 g/mol. The second-order valence-electron chi connectivity index (χ2n) is 14.8. The van der Waals surface area contributed by atoms with Crippen molar-refractivity contribution in [3.8, 4) is 0 Å². The second-order valence-corrected chi connectivity index (χ2v) is 16.3. The maximum Gasteiger partial charge on any atom is 0.472 e. The fourth-order valence-corrected chi connectivity index (χ4v) is 6.32. The van der Waals surface area contributed by atoms with Gasteiger partial charge in [-0.25, -0.2) is 4.57 Å². The average molecular weight is 833 g/mol. The molecule has 0 spiro atoms. The lowest BCUT2D eigenvalue weighted by molar-refractivity contribution is -0.161. The number of esters is 2. The van der Waals surface area contributed by atoms with Crippen molar-refractivity contribution in [2.24, 2.45) is 5.92 Å². The van der Waals surface area contributed by atoms with Gasteiger partial charge in [-0.3, -0.25) is 18.6 Å². The van der Waals surface area contributed by atoms with Crippen LogP contribution in [0.4, 0.5) is 0 Å². The van der Waals surface area contributed by atoms with Crippen LogP contribution < -0.4 is 0 Å². The van der Waals surface area contributed by atoms with Crippen LogP contribution >= 0.6 is 7.82 Å². The van der Waals surface area contributed by atoms with E-state index in [1.807, 2.05) is 0 Å². The maximum atomic E-state index is 12.6. The van der Waals surface area contributed by atoms with Crippen molar-refractivity contribution in [2.75, 3.05) is 26.4 Å². The summed E-state index contributed by atoms with van der Waals surface area (Å²) in [6.07, 6.45) is 25.9. The predicted octanol–water partition coefficient (Wildman–Crippen LogP) is 7.71. The summed E-state index contributed by atoms with van der Waals surface area (Å²) in [5.41, 5.74) is 0. The molecule has 6 N–H and O–H groups in total. The van der Waals surface area contributed by atoms with Gasteiger partial charge in [0, 0.05) is 12.8 Å². The predicted molar refractivity (Wildman–Crippen MR) is 223 cm³/mol. The van der Waals surface area contributed by atoms with E-state index in [0.717, 1.165) is 57.3 Å². The van der Waals surface area contributed by atoms with Crippen LogP contribution in [0.3, 0.4) is 0 Å². The van der Waals surface area contributed by atoms with Crippen LogP contribution in [0.2, 0.25) is 0 Å². The fourth-order valence-electron chi connectivity index (χ4n) is 5.53. The molecule has 2 unspecified atom stereocenters. The Morgan fingerprint density at radius 2 is 1.18 bits per heavy atom. The lowest BCUT2D eigenvalue weighted by atomic mass is 9.99. The lowest BCUT2D eigenvalue weighted by Gasteiger charge is -2.20. The lowest BCUT2D eigenvalue weighted by Crippen LogP contribution is -2.30. The summed E-state index contributed by atoms with van der Waals surface area (Å²) in [5, 5.41) is 48.7. The van der Waals surface area contributed by atoms with Crippen LogP contribution in [0.25, 0.3) is 0 Å². The Hall–Kier alpha value is -2.19. The first-order valence-corrected chi connectivity index (χ1v) is 22.8. The molecule has 0 aliphatic rings. The topological polar surface area (TPSA) is 210 Å². The van der Waals surface area contributed by atoms with Gasteiger partial charge in [0.1, 0.15) is 12.7 Å². The zero-order valence-corrected chi connectivity index (χ0v) is 35.9. The molecule has 0 fully saturated rings. The van der Waals surface area contributed by atoms with Gasteiger partial charge < -0.3 is 39.9 Å². The first kappa shape index (κ1) is 54.8. The fraction of sp³-hybridized carbons (Fsp3) is 0.767. The van der Waals surface area contributed by atoms with Gasteiger partial charge in [0.15, 0.2) is 6.10 Å². The van der Waals surface area contributed by atoms with Crippen LogP contribution in [0.1, 0.15) is 149 Å². The molecule has 7 atom stereocenters. The van der Waals surface area contributed by atoms with Crippen LogP contribution in [0.5, 0.6) is 0 Å². The van der Waals surface area contributed by atoms with Gasteiger partial charge in [0.05, 0.1) is 38.1 Å². The Morgan fingerprint density at radius 3 is 1.79 bits per heavy atom. The Balaban J connectivity index is 4.65. The van der Waals surface area contributed by atoms with E-state index in [9.17, 15) is 39.5 Å². The highest BCUT2D eigenvalue weighted by Gasteiger charge is 2.27. The van der Waals surface area contributed by atoms with E-state index < -0.39 is 76.7 Å². The first-order valence-electron chi connectivity index (χ1n) is 21.3. The SMILES string of the molecule is CCCCC[C@@H](O)/C=C/C=C\C=C\C=C\[C@@H](O)[C@H](O)CCCC(=O)OC[C@H](COP(=O)(O)OC[C@@H](O)CO)OC(=O)CCCCCCCCCCCCC(C)CC. The summed E-state index contributed by atoms with van der Waals surface area (Å²) in [5.74, 6) is -0.442. The van der Waals surface area contributed by atoms with Crippen molar-refractivity contribution in [1.82, 2.24) is 0 Å². The van der Waals surface area contributed by atoms with Crippen LogP contribution in [0.15, 0.2) is 48.6 Å². The highest BCUT2D eigenvalue weighted by atomic mass is 31.2. The normalized spacial score (nSPS) is 16.6. The molecule has 57 heavy (non-hydrogen) atoms. The molecule has 0 rings (SSSR count). The number of carbonyl (C=O) groups excluding carboxylic acids is 2. The van der Waals surface area contributed by atoms with E-state index in [-0.39, 0.29) is 25.7 Å². The standard InChI is InChI=1S/C43H77O13P/c1-4-6-19-26-37(45)27-21-16-13-14-17-22-28-40(47)41(48)29-24-31-42(49)53-34-39(35-55-57(51,52)54-33-38(46)32-44)56-43(50)30-23-18-12-10-8-7-9-11-15-20-25-36(3)5-2/h13-14,16-17,21-22,27-28,36-41,44-48H,4-12,15,18-20,23-26,29-35H2,1-3H3,(H,51,52)/b16-13-,17-14+,27-21+,28-22+/t36?,37-,38+,39-,40-,41-/m1/s1. The quantitative estimate of drug-likeness (QED) is 0.0153. The number of rotatable bonds is 38.